The highest BCUT2D eigenvalue weighted by atomic mass is 32.1. The molecule has 0 bridgehead atoms. The van der Waals surface area contributed by atoms with Gasteiger partial charge in [-0.15, -0.1) is 11.3 Å². The Kier molecular flexibility index (Phi) is 6.51. The van der Waals surface area contributed by atoms with E-state index < -0.39 is 0 Å². The summed E-state index contributed by atoms with van der Waals surface area (Å²) in [5, 5.41) is 1.96. The molecule has 0 saturated heterocycles. The van der Waals surface area contributed by atoms with Crippen molar-refractivity contribution in [1.29, 1.82) is 0 Å². The van der Waals surface area contributed by atoms with Gasteiger partial charge in [0.1, 0.15) is 6.54 Å². The fraction of sp³-hybridized carbons (Fsp3) is 0.474. The van der Waals surface area contributed by atoms with Gasteiger partial charge in [-0.25, -0.2) is 0 Å². The van der Waals surface area contributed by atoms with E-state index >= 15 is 0 Å². The van der Waals surface area contributed by atoms with E-state index in [4.69, 9.17) is 26.4 Å². The van der Waals surface area contributed by atoms with Gasteiger partial charge >= 0.3 is 5.97 Å². The number of rotatable bonds is 7. The number of nitrogens with zero attached hydrogens (tertiary/aromatic N) is 1. The SMILES string of the molecule is CCOC(=O)Cc1csc(=S)n1C[NH+]1CCc2cc(OC)c(OC)cc2C1. The molecule has 6 nitrogen and oxygen atoms in total. The lowest BCUT2D eigenvalue weighted by molar-refractivity contribution is -0.938. The highest BCUT2D eigenvalue weighted by Crippen LogP contribution is 2.31. The first-order valence-corrected chi connectivity index (χ1v) is 10.2. The van der Waals surface area contributed by atoms with Gasteiger partial charge in [0, 0.05) is 23.1 Å². The van der Waals surface area contributed by atoms with Crippen LogP contribution >= 0.6 is 23.6 Å². The predicted octanol–water partition coefficient (Wildman–Crippen LogP) is 2.00. The monoisotopic (exact) mass is 409 g/mol. The average Bonchev–Trinajstić information content (AvgIpc) is 3.00. The molecule has 8 heteroatoms. The Morgan fingerprint density at radius 1 is 1.26 bits per heavy atom. The minimum absolute atomic E-state index is 0.213. The lowest BCUT2D eigenvalue weighted by atomic mass is 9.99. The van der Waals surface area contributed by atoms with Crippen molar-refractivity contribution in [3.63, 3.8) is 0 Å². The number of aromatic nitrogens is 1. The van der Waals surface area contributed by atoms with Crippen LogP contribution in [0, 0.1) is 3.95 Å². The minimum Gasteiger partial charge on any atom is -0.493 e. The number of nitrogens with one attached hydrogen (secondary N) is 1. The number of hydrogen-bond donors (Lipinski definition) is 1. The number of ether oxygens (including phenoxy) is 3. The van der Waals surface area contributed by atoms with Crippen LogP contribution in [0.4, 0.5) is 0 Å². The summed E-state index contributed by atoms with van der Waals surface area (Å²) >= 11 is 6.98. The summed E-state index contributed by atoms with van der Waals surface area (Å²) in [4.78, 5) is 13.3. The van der Waals surface area contributed by atoms with Crippen LogP contribution in [0.3, 0.4) is 0 Å². The van der Waals surface area contributed by atoms with Crippen molar-refractivity contribution >= 4 is 29.5 Å². The molecule has 0 radical (unpaired) electrons. The van der Waals surface area contributed by atoms with Crippen LogP contribution in [0.1, 0.15) is 23.7 Å². The number of fused-ring (bicyclic) bond motifs is 1. The summed E-state index contributed by atoms with van der Waals surface area (Å²) in [6.45, 7) is 4.83. The van der Waals surface area contributed by atoms with E-state index in [0.29, 0.717) is 6.61 Å². The van der Waals surface area contributed by atoms with E-state index in [2.05, 4.69) is 16.7 Å². The van der Waals surface area contributed by atoms with Crippen molar-refractivity contribution < 1.29 is 23.9 Å². The fourth-order valence-corrected chi connectivity index (χ4v) is 4.50. The molecule has 1 atom stereocenters. The van der Waals surface area contributed by atoms with Gasteiger partial charge in [-0.1, -0.05) is 0 Å². The summed E-state index contributed by atoms with van der Waals surface area (Å²) in [7, 11) is 3.32. The second-order valence-corrected chi connectivity index (χ2v) is 7.97. The lowest BCUT2D eigenvalue weighted by Crippen LogP contribution is -3.11. The Balaban J connectivity index is 1.76. The van der Waals surface area contributed by atoms with Crippen LogP contribution in [0.25, 0.3) is 0 Å². The zero-order valence-corrected chi connectivity index (χ0v) is 17.5. The van der Waals surface area contributed by atoms with Gasteiger partial charge in [-0.3, -0.25) is 9.36 Å². The topological polar surface area (TPSA) is 54.1 Å². The average molecular weight is 410 g/mol. The number of benzene rings is 1. The molecule has 27 heavy (non-hydrogen) atoms. The summed E-state index contributed by atoms with van der Waals surface area (Å²) in [6, 6.07) is 4.15. The normalized spacial score (nSPS) is 15.9. The standard InChI is InChI=1S/C19H24N2O4S2/c1-4-25-18(22)9-15-11-27-19(26)21(15)12-20-6-5-13-7-16(23-2)17(24-3)8-14(13)10-20/h7-8,11H,4-6,9-10,12H2,1-3H3/p+1. The van der Waals surface area contributed by atoms with Crippen LogP contribution in [0.5, 0.6) is 11.5 Å². The van der Waals surface area contributed by atoms with Crippen LogP contribution in [0.15, 0.2) is 17.5 Å². The molecule has 2 aromatic rings. The van der Waals surface area contributed by atoms with Gasteiger partial charge in [-0.2, -0.15) is 0 Å². The van der Waals surface area contributed by atoms with E-state index in [1.807, 2.05) is 12.3 Å². The summed E-state index contributed by atoms with van der Waals surface area (Å²) in [6.07, 6.45) is 1.23. The molecule has 1 aliphatic rings. The fourth-order valence-electron chi connectivity index (χ4n) is 3.41. The Bertz CT molecular complexity index is 875. The number of thiazole rings is 1. The smallest absolute Gasteiger partial charge is 0.311 e. The maximum absolute atomic E-state index is 11.9. The largest absolute Gasteiger partial charge is 0.493 e. The Labute approximate surface area is 168 Å². The summed E-state index contributed by atoms with van der Waals surface area (Å²) in [5.41, 5.74) is 3.49. The van der Waals surface area contributed by atoms with Crippen LogP contribution in [-0.2, 0) is 35.6 Å². The number of quaternary nitrogens is 1. The molecular formula is C19H25N2O4S2+. The van der Waals surface area contributed by atoms with Gasteiger partial charge in [0.25, 0.3) is 0 Å². The molecule has 0 aliphatic carbocycles. The maximum Gasteiger partial charge on any atom is 0.311 e. The molecule has 146 valence electrons. The molecule has 0 amide bonds. The lowest BCUT2D eigenvalue weighted by Gasteiger charge is -2.27. The first kappa shape index (κ1) is 19.9. The molecule has 0 saturated carbocycles. The molecule has 1 N–H and O–H groups in total. The van der Waals surface area contributed by atoms with Crippen LogP contribution < -0.4 is 14.4 Å². The summed E-state index contributed by atoms with van der Waals surface area (Å²) in [5.74, 6) is 1.32. The van der Waals surface area contributed by atoms with E-state index in [0.717, 1.165) is 47.3 Å². The number of carbonyl (C=O) groups excluding carboxylic acids is 1. The quantitative estimate of drug-likeness (QED) is 0.560. The molecule has 1 aromatic carbocycles. The van der Waals surface area contributed by atoms with Crippen molar-refractivity contribution in [1.82, 2.24) is 4.57 Å². The predicted molar refractivity (Wildman–Crippen MR) is 106 cm³/mol. The number of hydrogen-bond acceptors (Lipinski definition) is 6. The van der Waals surface area contributed by atoms with E-state index in [9.17, 15) is 4.79 Å². The molecule has 1 aromatic heterocycles. The third-order valence-electron chi connectivity index (χ3n) is 4.77. The molecule has 2 heterocycles. The molecular weight excluding hydrogens is 384 g/mol. The maximum atomic E-state index is 11.9. The highest BCUT2D eigenvalue weighted by Gasteiger charge is 2.23. The molecule has 0 spiro atoms. The van der Waals surface area contributed by atoms with Crippen molar-refractivity contribution in [2.24, 2.45) is 0 Å². The van der Waals surface area contributed by atoms with Crippen LogP contribution in [0.2, 0.25) is 0 Å². The van der Waals surface area contributed by atoms with Crippen molar-refractivity contribution in [2.75, 3.05) is 27.4 Å². The van der Waals surface area contributed by atoms with Crippen molar-refractivity contribution in [3.8, 4) is 11.5 Å². The number of methoxy groups -OCH3 is 2. The van der Waals surface area contributed by atoms with Gasteiger partial charge < -0.3 is 19.1 Å². The Morgan fingerprint density at radius 2 is 1.96 bits per heavy atom. The van der Waals surface area contributed by atoms with Crippen molar-refractivity contribution in [3.05, 3.63) is 38.3 Å². The Hall–Kier alpha value is -1.90. The first-order valence-electron chi connectivity index (χ1n) is 8.95. The first-order chi connectivity index (χ1) is 13.0. The molecule has 3 rings (SSSR count). The van der Waals surface area contributed by atoms with Gasteiger partial charge in [0.05, 0.1) is 33.8 Å². The molecule has 0 fully saturated rings. The van der Waals surface area contributed by atoms with E-state index in [1.165, 1.54) is 27.4 Å². The second kappa shape index (κ2) is 8.86. The van der Waals surface area contributed by atoms with Crippen LogP contribution in [-0.4, -0.2) is 37.9 Å². The van der Waals surface area contributed by atoms with Gasteiger partial charge in [-0.05, 0) is 36.8 Å². The molecule has 1 unspecified atom stereocenters. The van der Waals surface area contributed by atoms with E-state index in [-0.39, 0.29) is 12.4 Å². The second-order valence-electron chi connectivity index (χ2n) is 6.46. The highest BCUT2D eigenvalue weighted by molar-refractivity contribution is 7.73. The molecule has 1 aliphatic heterocycles. The Morgan fingerprint density at radius 3 is 2.63 bits per heavy atom. The third-order valence-corrected chi connectivity index (χ3v) is 6.09. The minimum atomic E-state index is -0.213. The van der Waals surface area contributed by atoms with Crippen molar-refractivity contribution in [2.45, 2.75) is 33.0 Å². The number of carbonyl (C=O) groups is 1. The third kappa shape index (κ3) is 4.51. The van der Waals surface area contributed by atoms with E-state index in [1.54, 1.807) is 14.2 Å². The zero-order valence-electron chi connectivity index (χ0n) is 15.9. The summed E-state index contributed by atoms with van der Waals surface area (Å²) < 4.78 is 18.8. The van der Waals surface area contributed by atoms with Gasteiger partial charge in [0.15, 0.2) is 22.1 Å². The number of esters is 1. The zero-order chi connectivity index (χ0) is 19.4. The van der Waals surface area contributed by atoms with Gasteiger partial charge in [0.2, 0.25) is 0 Å².